The van der Waals surface area contributed by atoms with Gasteiger partial charge >= 0.3 is 0 Å². The molecule has 0 aliphatic carbocycles. The Labute approximate surface area is 202 Å². The summed E-state index contributed by atoms with van der Waals surface area (Å²) in [5.41, 5.74) is 1.41. The molecule has 0 aromatic heterocycles. The van der Waals surface area contributed by atoms with E-state index in [0.29, 0.717) is 30.9 Å². The maximum Gasteiger partial charge on any atom is 0.260 e. The normalized spacial score (nSPS) is 18.1. The van der Waals surface area contributed by atoms with Gasteiger partial charge in [0.2, 0.25) is 0 Å². The van der Waals surface area contributed by atoms with Crippen molar-refractivity contribution in [1.82, 2.24) is 14.7 Å². The average molecular weight is 470 g/mol. The molecule has 2 aromatic carbocycles. The van der Waals surface area contributed by atoms with E-state index in [1.807, 2.05) is 23.9 Å². The molecule has 0 N–H and O–H groups in total. The Bertz CT molecular complexity index is 937. The van der Waals surface area contributed by atoms with Crippen LogP contribution in [0.15, 0.2) is 48.5 Å². The van der Waals surface area contributed by atoms with Crippen LogP contribution in [0.25, 0.3) is 0 Å². The minimum atomic E-state index is -0.298. The van der Waals surface area contributed by atoms with E-state index in [1.165, 1.54) is 12.1 Å². The van der Waals surface area contributed by atoms with Gasteiger partial charge in [0.05, 0.1) is 0 Å². The molecule has 1 aliphatic rings. The van der Waals surface area contributed by atoms with Crippen LogP contribution in [0.5, 0.6) is 5.75 Å². The van der Waals surface area contributed by atoms with Crippen molar-refractivity contribution in [3.05, 3.63) is 65.5 Å². The standard InChI is InChI=1S/C27H36FN3O3/c1-20-6-5-7-21(2)31(20)26(32)19-34-25-14-10-23(11-15-25)27(33)30(17-16-29(3)4)18-22-8-12-24(28)13-9-22/h8-15,20-21H,5-7,16-19H2,1-4H3. The molecule has 1 fully saturated rings. The van der Waals surface area contributed by atoms with Gasteiger partial charge in [0.15, 0.2) is 6.61 Å². The second kappa shape index (κ2) is 12.0. The number of ether oxygens (including phenoxy) is 1. The molecule has 0 saturated carbocycles. The number of piperidine rings is 1. The summed E-state index contributed by atoms with van der Waals surface area (Å²) in [6.07, 6.45) is 3.19. The molecule has 0 spiro atoms. The number of hydrogen-bond donors (Lipinski definition) is 0. The number of carbonyl (C=O) groups is 2. The average Bonchev–Trinajstić information content (AvgIpc) is 2.81. The smallest absolute Gasteiger partial charge is 0.260 e. The Kier molecular flexibility index (Phi) is 9.05. The molecule has 1 heterocycles. The summed E-state index contributed by atoms with van der Waals surface area (Å²) >= 11 is 0. The van der Waals surface area contributed by atoms with Gasteiger partial charge in [-0.1, -0.05) is 12.1 Å². The van der Waals surface area contributed by atoms with Crippen molar-refractivity contribution in [2.24, 2.45) is 0 Å². The molecule has 34 heavy (non-hydrogen) atoms. The quantitative estimate of drug-likeness (QED) is 0.553. The molecular formula is C27H36FN3O3. The van der Waals surface area contributed by atoms with Crippen molar-refractivity contribution in [3.8, 4) is 5.75 Å². The molecule has 2 atom stereocenters. The third-order valence-corrected chi connectivity index (χ3v) is 6.34. The molecule has 0 radical (unpaired) electrons. The van der Waals surface area contributed by atoms with Crippen LogP contribution >= 0.6 is 0 Å². The molecule has 2 amide bonds. The second-order valence-corrected chi connectivity index (χ2v) is 9.40. The lowest BCUT2D eigenvalue weighted by Gasteiger charge is -2.38. The summed E-state index contributed by atoms with van der Waals surface area (Å²) in [6, 6.07) is 13.6. The van der Waals surface area contributed by atoms with Crippen LogP contribution < -0.4 is 4.74 Å². The van der Waals surface area contributed by atoms with E-state index in [9.17, 15) is 14.0 Å². The van der Waals surface area contributed by atoms with Crippen molar-refractivity contribution in [1.29, 1.82) is 0 Å². The topological polar surface area (TPSA) is 53.1 Å². The fourth-order valence-electron chi connectivity index (χ4n) is 4.39. The fourth-order valence-corrected chi connectivity index (χ4v) is 4.39. The lowest BCUT2D eigenvalue weighted by Crippen LogP contribution is -2.49. The summed E-state index contributed by atoms with van der Waals surface area (Å²) in [5, 5.41) is 0. The first-order chi connectivity index (χ1) is 16.2. The maximum atomic E-state index is 13.3. The van der Waals surface area contributed by atoms with E-state index in [4.69, 9.17) is 4.74 Å². The highest BCUT2D eigenvalue weighted by molar-refractivity contribution is 5.94. The SMILES string of the molecule is CC1CCCC(C)N1C(=O)COc1ccc(C(=O)N(CCN(C)C)Cc2ccc(F)cc2)cc1. The third kappa shape index (κ3) is 7.03. The molecule has 1 aliphatic heterocycles. The molecule has 2 unspecified atom stereocenters. The van der Waals surface area contributed by atoms with Gasteiger partial charge in [-0.15, -0.1) is 0 Å². The van der Waals surface area contributed by atoms with Crippen molar-refractivity contribution in [2.75, 3.05) is 33.8 Å². The Morgan fingerprint density at radius 2 is 1.59 bits per heavy atom. The number of carbonyl (C=O) groups excluding carboxylic acids is 2. The van der Waals surface area contributed by atoms with Gasteiger partial charge in [0.1, 0.15) is 11.6 Å². The highest BCUT2D eigenvalue weighted by Gasteiger charge is 2.29. The number of halogens is 1. The van der Waals surface area contributed by atoms with Crippen molar-refractivity contribution in [2.45, 2.75) is 51.7 Å². The minimum Gasteiger partial charge on any atom is -0.484 e. The highest BCUT2D eigenvalue weighted by atomic mass is 19.1. The largest absolute Gasteiger partial charge is 0.484 e. The van der Waals surface area contributed by atoms with Gasteiger partial charge < -0.3 is 19.4 Å². The molecule has 2 aromatic rings. The van der Waals surface area contributed by atoms with E-state index in [1.54, 1.807) is 41.3 Å². The van der Waals surface area contributed by atoms with Crippen molar-refractivity contribution >= 4 is 11.8 Å². The zero-order valence-corrected chi connectivity index (χ0v) is 20.7. The van der Waals surface area contributed by atoms with E-state index < -0.39 is 0 Å². The predicted molar refractivity (Wildman–Crippen MR) is 131 cm³/mol. The van der Waals surface area contributed by atoms with Crippen molar-refractivity contribution in [3.63, 3.8) is 0 Å². The highest BCUT2D eigenvalue weighted by Crippen LogP contribution is 2.23. The first-order valence-corrected chi connectivity index (χ1v) is 12.0. The Hall–Kier alpha value is -2.93. The van der Waals surface area contributed by atoms with Crippen LogP contribution in [0, 0.1) is 5.82 Å². The predicted octanol–water partition coefficient (Wildman–Crippen LogP) is 4.20. The lowest BCUT2D eigenvalue weighted by atomic mass is 9.97. The summed E-state index contributed by atoms with van der Waals surface area (Å²) < 4.78 is 19.0. The Balaban J connectivity index is 1.62. The van der Waals surface area contributed by atoms with Crippen LogP contribution in [0.1, 0.15) is 49.0 Å². The summed E-state index contributed by atoms with van der Waals surface area (Å²) in [6.45, 7) is 5.81. The second-order valence-electron chi connectivity index (χ2n) is 9.40. The van der Waals surface area contributed by atoms with Crippen LogP contribution in [0.3, 0.4) is 0 Å². The van der Waals surface area contributed by atoms with Gasteiger partial charge in [-0.25, -0.2) is 4.39 Å². The Morgan fingerprint density at radius 1 is 0.971 bits per heavy atom. The van der Waals surface area contributed by atoms with Crippen LogP contribution in [-0.2, 0) is 11.3 Å². The fraction of sp³-hybridized carbons (Fsp3) is 0.481. The minimum absolute atomic E-state index is 0.00555. The number of rotatable bonds is 9. The first kappa shape index (κ1) is 25.7. The van der Waals surface area contributed by atoms with Gasteiger partial charge in [-0.05, 0) is 89.2 Å². The van der Waals surface area contributed by atoms with Gasteiger partial charge in [-0.2, -0.15) is 0 Å². The monoisotopic (exact) mass is 469 g/mol. The van der Waals surface area contributed by atoms with Gasteiger partial charge in [0, 0.05) is 37.3 Å². The van der Waals surface area contributed by atoms with Crippen molar-refractivity contribution < 1.29 is 18.7 Å². The number of hydrogen-bond acceptors (Lipinski definition) is 4. The lowest BCUT2D eigenvalue weighted by molar-refractivity contribution is -0.139. The first-order valence-electron chi connectivity index (χ1n) is 12.0. The maximum absolute atomic E-state index is 13.3. The van der Waals surface area contributed by atoms with Crippen LogP contribution in [-0.4, -0.2) is 72.4 Å². The van der Waals surface area contributed by atoms with Gasteiger partial charge in [0.25, 0.3) is 11.8 Å². The third-order valence-electron chi connectivity index (χ3n) is 6.34. The van der Waals surface area contributed by atoms with E-state index in [-0.39, 0.29) is 36.3 Å². The van der Waals surface area contributed by atoms with Gasteiger partial charge in [-0.3, -0.25) is 9.59 Å². The summed E-state index contributed by atoms with van der Waals surface area (Å²) in [4.78, 5) is 31.6. The molecule has 3 rings (SSSR count). The molecular weight excluding hydrogens is 433 g/mol. The molecule has 0 bridgehead atoms. The number of benzene rings is 2. The van der Waals surface area contributed by atoms with E-state index in [0.717, 1.165) is 24.8 Å². The molecule has 184 valence electrons. The number of amides is 2. The van der Waals surface area contributed by atoms with E-state index in [2.05, 4.69) is 13.8 Å². The zero-order chi connectivity index (χ0) is 24.7. The summed E-state index contributed by atoms with van der Waals surface area (Å²) in [5.74, 6) is 0.146. The summed E-state index contributed by atoms with van der Waals surface area (Å²) in [7, 11) is 3.92. The Morgan fingerprint density at radius 3 is 2.18 bits per heavy atom. The number of likely N-dealkylation sites (N-methyl/N-ethyl adjacent to an activating group) is 1. The van der Waals surface area contributed by atoms with Crippen LogP contribution in [0.2, 0.25) is 0 Å². The number of nitrogens with zero attached hydrogens (tertiary/aromatic N) is 3. The van der Waals surface area contributed by atoms with Crippen LogP contribution in [0.4, 0.5) is 4.39 Å². The molecule has 7 heteroatoms. The van der Waals surface area contributed by atoms with E-state index >= 15 is 0 Å². The molecule has 6 nitrogen and oxygen atoms in total. The zero-order valence-electron chi connectivity index (χ0n) is 20.7. The number of likely N-dealkylation sites (tertiary alicyclic amines) is 1. The molecule has 1 saturated heterocycles.